The molecule has 0 fully saturated rings. The summed E-state index contributed by atoms with van der Waals surface area (Å²) < 4.78 is 0. The molecule has 1 heterocycles. The van der Waals surface area contributed by atoms with Crippen LogP contribution in [-0.2, 0) is 4.79 Å². The van der Waals surface area contributed by atoms with Gasteiger partial charge in [-0.25, -0.2) is 5.01 Å². The molecule has 86 valence electrons. The molecule has 17 heavy (non-hydrogen) atoms. The number of rotatable bonds is 2. The molecule has 0 bridgehead atoms. The number of hydrogen-bond donors (Lipinski definition) is 0. The summed E-state index contributed by atoms with van der Waals surface area (Å²) in [7, 11) is 0. The number of nitriles is 1. The summed E-state index contributed by atoms with van der Waals surface area (Å²) in [6.45, 7) is 4.03. The Bertz CT molecular complexity index is 526. The van der Waals surface area contributed by atoms with Crippen LogP contribution in [0.3, 0.4) is 0 Å². The van der Waals surface area contributed by atoms with Gasteiger partial charge in [0.2, 0.25) is 0 Å². The minimum absolute atomic E-state index is 0.0382. The number of carbonyl (C=O) groups excluding carboxylic acids is 1. The maximum atomic E-state index is 11.8. The Labute approximate surface area is 100 Å². The summed E-state index contributed by atoms with van der Waals surface area (Å²) in [6, 6.07) is 8.97. The van der Waals surface area contributed by atoms with Gasteiger partial charge in [0, 0.05) is 0 Å². The highest BCUT2D eigenvalue weighted by atomic mass is 16.2. The van der Waals surface area contributed by atoms with E-state index < -0.39 is 0 Å². The predicted octanol–water partition coefficient (Wildman–Crippen LogP) is 2.31. The van der Waals surface area contributed by atoms with Crippen molar-refractivity contribution in [3.05, 3.63) is 29.8 Å². The third kappa shape index (κ3) is 2.18. The molecule has 4 nitrogen and oxygen atoms in total. The Kier molecular flexibility index (Phi) is 2.92. The number of anilines is 1. The number of benzene rings is 1. The van der Waals surface area contributed by atoms with Crippen LogP contribution >= 0.6 is 0 Å². The van der Waals surface area contributed by atoms with Gasteiger partial charge in [0.05, 0.1) is 29.5 Å². The summed E-state index contributed by atoms with van der Waals surface area (Å²) in [6.07, 6.45) is 0.369. The SMILES string of the molecule is CC(C)C1=NN(c2cccc(C#N)c2)C(=O)C1. The Hall–Kier alpha value is -2.15. The van der Waals surface area contributed by atoms with E-state index in [1.54, 1.807) is 24.3 Å². The van der Waals surface area contributed by atoms with Gasteiger partial charge in [-0.1, -0.05) is 19.9 Å². The normalized spacial score (nSPS) is 15.1. The van der Waals surface area contributed by atoms with Crippen molar-refractivity contribution >= 4 is 17.3 Å². The van der Waals surface area contributed by atoms with Gasteiger partial charge in [0.25, 0.3) is 5.91 Å². The molecule has 1 aromatic rings. The molecule has 0 aromatic heterocycles. The summed E-state index contributed by atoms with van der Waals surface area (Å²) in [5.74, 6) is 0.229. The van der Waals surface area contributed by atoms with Gasteiger partial charge in [-0.05, 0) is 24.1 Å². The van der Waals surface area contributed by atoms with Crippen LogP contribution < -0.4 is 5.01 Å². The van der Waals surface area contributed by atoms with Crippen molar-refractivity contribution in [3.8, 4) is 6.07 Å². The third-order valence-electron chi connectivity index (χ3n) is 2.68. The molecule has 1 amide bonds. The smallest absolute Gasteiger partial charge is 0.253 e. The highest BCUT2D eigenvalue weighted by Crippen LogP contribution is 2.23. The monoisotopic (exact) mass is 227 g/mol. The second-order valence-corrected chi connectivity index (χ2v) is 4.29. The second-order valence-electron chi connectivity index (χ2n) is 4.29. The van der Waals surface area contributed by atoms with E-state index in [4.69, 9.17) is 5.26 Å². The van der Waals surface area contributed by atoms with Crippen molar-refractivity contribution in [3.63, 3.8) is 0 Å². The highest BCUT2D eigenvalue weighted by molar-refractivity contribution is 6.13. The lowest BCUT2D eigenvalue weighted by atomic mass is 10.1. The van der Waals surface area contributed by atoms with E-state index in [0.29, 0.717) is 17.7 Å². The number of amides is 1. The van der Waals surface area contributed by atoms with E-state index >= 15 is 0 Å². The first kappa shape index (κ1) is 11.3. The Balaban J connectivity index is 2.34. The van der Waals surface area contributed by atoms with Crippen molar-refractivity contribution < 1.29 is 4.79 Å². The molecule has 0 saturated carbocycles. The number of hydrogen-bond acceptors (Lipinski definition) is 3. The van der Waals surface area contributed by atoms with Crippen LogP contribution in [0.2, 0.25) is 0 Å². The van der Waals surface area contributed by atoms with Crippen LogP contribution in [0.15, 0.2) is 29.4 Å². The molecule has 0 aliphatic carbocycles. The number of nitrogens with zero attached hydrogens (tertiary/aromatic N) is 3. The van der Waals surface area contributed by atoms with Gasteiger partial charge < -0.3 is 0 Å². The van der Waals surface area contributed by atoms with Gasteiger partial charge in [0.1, 0.15) is 0 Å². The van der Waals surface area contributed by atoms with E-state index in [9.17, 15) is 4.79 Å². The molecule has 0 radical (unpaired) electrons. The first-order valence-corrected chi connectivity index (χ1v) is 5.52. The molecule has 1 aliphatic rings. The van der Waals surface area contributed by atoms with Crippen LogP contribution in [0.25, 0.3) is 0 Å². The average molecular weight is 227 g/mol. The molecule has 0 N–H and O–H groups in total. The molecule has 1 aliphatic heterocycles. The summed E-state index contributed by atoms with van der Waals surface area (Å²) in [5, 5.41) is 14.5. The summed E-state index contributed by atoms with van der Waals surface area (Å²) in [4.78, 5) is 11.8. The zero-order valence-electron chi connectivity index (χ0n) is 9.84. The fourth-order valence-electron chi connectivity index (χ4n) is 1.68. The maximum absolute atomic E-state index is 11.8. The highest BCUT2D eigenvalue weighted by Gasteiger charge is 2.26. The fraction of sp³-hybridized carbons (Fsp3) is 0.308. The van der Waals surface area contributed by atoms with E-state index in [2.05, 4.69) is 11.2 Å². The van der Waals surface area contributed by atoms with Crippen molar-refractivity contribution in [2.24, 2.45) is 11.0 Å². The number of carbonyl (C=O) groups is 1. The zero-order valence-corrected chi connectivity index (χ0v) is 9.84. The molecule has 0 spiro atoms. The van der Waals surface area contributed by atoms with Gasteiger partial charge in [0.15, 0.2) is 0 Å². The van der Waals surface area contributed by atoms with Crippen LogP contribution in [0.1, 0.15) is 25.8 Å². The summed E-state index contributed by atoms with van der Waals surface area (Å²) in [5.41, 5.74) is 2.07. The largest absolute Gasteiger partial charge is 0.272 e. The average Bonchev–Trinajstić information content (AvgIpc) is 2.72. The molecule has 4 heteroatoms. The molecular weight excluding hydrogens is 214 g/mol. The molecule has 2 rings (SSSR count). The van der Waals surface area contributed by atoms with Gasteiger partial charge in [-0.2, -0.15) is 10.4 Å². The molecule has 0 atom stereocenters. The van der Waals surface area contributed by atoms with Gasteiger partial charge in [-0.3, -0.25) is 4.79 Å². The van der Waals surface area contributed by atoms with Crippen molar-refractivity contribution in [2.75, 3.05) is 5.01 Å². The van der Waals surface area contributed by atoms with E-state index in [1.165, 1.54) is 5.01 Å². The lowest BCUT2D eigenvalue weighted by molar-refractivity contribution is -0.116. The standard InChI is InChI=1S/C13H13N3O/c1-9(2)12-7-13(17)16(15-12)11-5-3-4-10(6-11)8-14/h3-6,9H,7H2,1-2H3. The second kappa shape index (κ2) is 4.38. The molecule has 0 saturated heterocycles. The first-order valence-electron chi connectivity index (χ1n) is 5.52. The third-order valence-corrected chi connectivity index (χ3v) is 2.68. The first-order chi connectivity index (χ1) is 8.11. The van der Waals surface area contributed by atoms with E-state index in [1.807, 2.05) is 13.8 Å². The Morgan fingerprint density at radius 2 is 2.24 bits per heavy atom. The fourth-order valence-corrected chi connectivity index (χ4v) is 1.68. The van der Waals surface area contributed by atoms with Crippen LogP contribution in [0.4, 0.5) is 5.69 Å². The van der Waals surface area contributed by atoms with Crippen molar-refractivity contribution in [2.45, 2.75) is 20.3 Å². The quantitative estimate of drug-likeness (QED) is 0.778. The summed E-state index contributed by atoms with van der Waals surface area (Å²) >= 11 is 0. The Morgan fingerprint density at radius 1 is 1.47 bits per heavy atom. The minimum Gasteiger partial charge on any atom is -0.272 e. The van der Waals surface area contributed by atoms with E-state index in [-0.39, 0.29) is 11.8 Å². The van der Waals surface area contributed by atoms with Gasteiger partial charge >= 0.3 is 0 Å². The van der Waals surface area contributed by atoms with Crippen LogP contribution in [0.5, 0.6) is 0 Å². The van der Waals surface area contributed by atoms with Crippen LogP contribution in [0, 0.1) is 17.2 Å². The minimum atomic E-state index is -0.0382. The molecular formula is C13H13N3O. The maximum Gasteiger partial charge on any atom is 0.253 e. The van der Waals surface area contributed by atoms with Gasteiger partial charge in [-0.15, -0.1) is 0 Å². The van der Waals surface area contributed by atoms with Crippen molar-refractivity contribution in [1.29, 1.82) is 5.26 Å². The zero-order chi connectivity index (χ0) is 12.4. The molecule has 1 aromatic carbocycles. The topological polar surface area (TPSA) is 56.5 Å². The van der Waals surface area contributed by atoms with Crippen LogP contribution in [-0.4, -0.2) is 11.6 Å². The Morgan fingerprint density at radius 3 is 2.82 bits per heavy atom. The molecule has 0 unspecified atom stereocenters. The predicted molar refractivity (Wildman–Crippen MR) is 65.5 cm³/mol. The van der Waals surface area contributed by atoms with Crippen molar-refractivity contribution in [1.82, 2.24) is 0 Å². The lowest BCUT2D eigenvalue weighted by Gasteiger charge is -2.11. The number of hydrazone groups is 1. The lowest BCUT2D eigenvalue weighted by Crippen LogP contribution is -2.19. The van der Waals surface area contributed by atoms with E-state index in [0.717, 1.165) is 5.71 Å².